The van der Waals surface area contributed by atoms with Gasteiger partial charge in [-0.15, -0.1) is 0 Å². The van der Waals surface area contributed by atoms with Crippen molar-refractivity contribution in [1.29, 1.82) is 0 Å². The smallest absolute Gasteiger partial charge is 0.244 e. The standard InChI is InChI=1S/C12H19N5O2S/c1-8-11(7-16(4)14-8)9(2)15-20(18,19)12-6-13-17(5)10(12)3/h6-7,9,15H,1-5H3. The minimum atomic E-state index is -3.60. The summed E-state index contributed by atoms with van der Waals surface area (Å²) in [6.45, 7) is 5.38. The van der Waals surface area contributed by atoms with Crippen LogP contribution in [0.4, 0.5) is 0 Å². The van der Waals surface area contributed by atoms with Crippen molar-refractivity contribution in [3.63, 3.8) is 0 Å². The van der Waals surface area contributed by atoms with Gasteiger partial charge in [0, 0.05) is 31.9 Å². The molecule has 0 amide bonds. The summed E-state index contributed by atoms with van der Waals surface area (Å²) in [7, 11) is -0.0755. The largest absolute Gasteiger partial charge is 0.275 e. The van der Waals surface area contributed by atoms with Gasteiger partial charge in [-0.2, -0.15) is 10.2 Å². The summed E-state index contributed by atoms with van der Waals surface area (Å²) < 4.78 is 30.6. The van der Waals surface area contributed by atoms with Gasteiger partial charge >= 0.3 is 0 Å². The monoisotopic (exact) mass is 297 g/mol. The number of rotatable bonds is 4. The van der Waals surface area contributed by atoms with Crippen LogP contribution in [0.15, 0.2) is 17.3 Å². The van der Waals surface area contributed by atoms with E-state index in [-0.39, 0.29) is 10.9 Å². The highest BCUT2D eigenvalue weighted by molar-refractivity contribution is 7.89. The Bertz CT molecular complexity index is 729. The van der Waals surface area contributed by atoms with E-state index in [4.69, 9.17) is 0 Å². The van der Waals surface area contributed by atoms with Gasteiger partial charge in [0.2, 0.25) is 10.0 Å². The molecule has 0 aromatic carbocycles. The highest BCUT2D eigenvalue weighted by Gasteiger charge is 2.24. The molecule has 2 aromatic heterocycles. The maximum Gasteiger partial charge on any atom is 0.244 e. The summed E-state index contributed by atoms with van der Waals surface area (Å²) >= 11 is 0. The fourth-order valence-corrected chi connectivity index (χ4v) is 3.57. The first-order valence-corrected chi connectivity index (χ1v) is 7.71. The van der Waals surface area contributed by atoms with Crippen molar-refractivity contribution >= 4 is 10.0 Å². The number of sulfonamides is 1. The predicted octanol–water partition coefficient (Wildman–Crippen LogP) is 0.810. The van der Waals surface area contributed by atoms with Crippen LogP contribution in [0.3, 0.4) is 0 Å². The first kappa shape index (κ1) is 14.7. The topological polar surface area (TPSA) is 81.8 Å². The number of hydrogen-bond donors (Lipinski definition) is 1. The second kappa shape index (κ2) is 5.02. The van der Waals surface area contributed by atoms with Crippen LogP contribution >= 0.6 is 0 Å². The van der Waals surface area contributed by atoms with Crippen LogP contribution in [0.2, 0.25) is 0 Å². The van der Waals surface area contributed by atoms with Crippen LogP contribution < -0.4 is 4.72 Å². The normalized spacial score (nSPS) is 13.7. The maximum atomic E-state index is 12.4. The molecule has 7 nitrogen and oxygen atoms in total. The van der Waals surface area contributed by atoms with E-state index in [9.17, 15) is 8.42 Å². The number of hydrogen-bond acceptors (Lipinski definition) is 4. The zero-order valence-electron chi connectivity index (χ0n) is 12.2. The molecular formula is C12H19N5O2S. The molecule has 1 atom stereocenters. The second-order valence-electron chi connectivity index (χ2n) is 4.90. The molecule has 0 saturated heterocycles. The van der Waals surface area contributed by atoms with Crippen LogP contribution in [0, 0.1) is 13.8 Å². The molecule has 0 bridgehead atoms. The van der Waals surface area contributed by atoms with Crippen LogP contribution in [0.25, 0.3) is 0 Å². The van der Waals surface area contributed by atoms with E-state index in [1.807, 2.05) is 20.2 Å². The summed E-state index contributed by atoms with van der Waals surface area (Å²) in [5, 5.41) is 8.19. The number of aryl methyl sites for hydroxylation is 3. The third kappa shape index (κ3) is 2.61. The zero-order chi connectivity index (χ0) is 15.1. The van der Waals surface area contributed by atoms with Gasteiger partial charge < -0.3 is 0 Å². The van der Waals surface area contributed by atoms with Crippen LogP contribution in [0.5, 0.6) is 0 Å². The second-order valence-corrected chi connectivity index (χ2v) is 6.59. The van der Waals surface area contributed by atoms with Crippen molar-refractivity contribution in [2.75, 3.05) is 0 Å². The molecular weight excluding hydrogens is 278 g/mol. The Morgan fingerprint density at radius 3 is 2.40 bits per heavy atom. The van der Waals surface area contributed by atoms with Crippen molar-refractivity contribution in [1.82, 2.24) is 24.3 Å². The van der Waals surface area contributed by atoms with Gasteiger partial charge in [-0.25, -0.2) is 13.1 Å². The first-order chi connectivity index (χ1) is 9.22. The van der Waals surface area contributed by atoms with E-state index in [0.29, 0.717) is 5.69 Å². The van der Waals surface area contributed by atoms with E-state index in [1.165, 1.54) is 10.9 Å². The molecule has 0 saturated carbocycles. The molecule has 2 aromatic rings. The summed E-state index contributed by atoms with van der Waals surface area (Å²) in [6.07, 6.45) is 3.18. The van der Waals surface area contributed by atoms with E-state index >= 15 is 0 Å². The van der Waals surface area contributed by atoms with Crippen molar-refractivity contribution in [2.24, 2.45) is 14.1 Å². The Kier molecular flexibility index (Phi) is 3.70. The molecule has 0 spiro atoms. The summed E-state index contributed by atoms with van der Waals surface area (Å²) in [5.74, 6) is 0. The average molecular weight is 297 g/mol. The molecule has 20 heavy (non-hydrogen) atoms. The highest BCUT2D eigenvalue weighted by Crippen LogP contribution is 2.20. The Morgan fingerprint density at radius 1 is 1.30 bits per heavy atom. The molecule has 0 aliphatic rings. The lowest BCUT2D eigenvalue weighted by atomic mass is 10.1. The number of nitrogens with zero attached hydrogens (tertiary/aromatic N) is 4. The lowest BCUT2D eigenvalue weighted by molar-refractivity contribution is 0.565. The molecule has 8 heteroatoms. The molecule has 0 aliphatic heterocycles. The quantitative estimate of drug-likeness (QED) is 0.905. The Balaban J connectivity index is 2.29. The zero-order valence-corrected chi connectivity index (χ0v) is 13.1. The van der Waals surface area contributed by atoms with Crippen LogP contribution in [-0.4, -0.2) is 28.0 Å². The fourth-order valence-electron chi connectivity index (χ4n) is 2.15. The van der Waals surface area contributed by atoms with E-state index in [1.54, 1.807) is 25.6 Å². The lowest BCUT2D eigenvalue weighted by Crippen LogP contribution is -2.27. The Morgan fingerprint density at radius 2 is 1.95 bits per heavy atom. The van der Waals surface area contributed by atoms with Crippen LogP contribution in [0.1, 0.15) is 29.9 Å². The molecule has 110 valence electrons. The molecule has 0 fully saturated rings. The van der Waals surface area contributed by atoms with E-state index < -0.39 is 10.0 Å². The SMILES string of the molecule is Cc1nn(C)cc1C(C)NS(=O)(=O)c1cnn(C)c1C. The van der Waals surface area contributed by atoms with Crippen molar-refractivity contribution in [3.05, 3.63) is 29.3 Å². The minimum Gasteiger partial charge on any atom is -0.275 e. The lowest BCUT2D eigenvalue weighted by Gasteiger charge is -2.13. The van der Waals surface area contributed by atoms with Gasteiger partial charge in [-0.05, 0) is 20.8 Å². The summed E-state index contributed by atoms with van der Waals surface area (Å²) in [4.78, 5) is 0.202. The third-order valence-electron chi connectivity index (χ3n) is 3.33. The van der Waals surface area contributed by atoms with E-state index in [2.05, 4.69) is 14.9 Å². The highest BCUT2D eigenvalue weighted by atomic mass is 32.2. The number of nitrogens with one attached hydrogen (secondary N) is 1. The van der Waals surface area contributed by atoms with Gasteiger partial charge in [0.15, 0.2) is 0 Å². The summed E-state index contributed by atoms with van der Waals surface area (Å²) in [5.41, 5.74) is 2.27. The van der Waals surface area contributed by atoms with Gasteiger partial charge in [-0.1, -0.05) is 0 Å². The third-order valence-corrected chi connectivity index (χ3v) is 4.97. The van der Waals surface area contributed by atoms with Crippen molar-refractivity contribution in [2.45, 2.75) is 31.7 Å². The van der Waals surface area contributed by atoms with Gasteiger partial charge in [0.25, 0.3) is 0 Å². The van der Waals surface area contributed by atoms with Gasteiger partial charge in [-0.3, -0.25) is 9.36 Å². The average Bonchev–Trinajstić information content (AvgIpc) is 2.83. The molecule has 1 N–H and O–H groups in total. The molecule has 2 heterocycles. The molecule has 0 aliphatic carbocycles. The first-order valence-electron chi connectivity index (χ1n) is 6.23. The van der Waals surface area contributed by atoms with Crippen molar-refractivity contribution in [3.8, 4) is 0 Å². The van der Waals surface area contributed by atoms with Crippen molar-refractivity contribution < 1.29 is 8.42 Å². The van der Waals surface area contributed by atoms with Gasteiger partial charge in [0.1, 0.15) is 4.90 Å². The molecule has 1 unspecified atom stereocenters. The number of aromatic nitrogens is 4. The summed E-state index contributed by atoms with van der Waals surface area (Å²) in [6, 6.07) is -0.353. The Labute approximate surface area is 118 Å². The Hall–Kier alpha value is -1.67. The fraction of sp³-hybridized carbons (Fsp3) is 0.500. The maximum absolute atomic E-state index is 12.4. The molecule has 0 radical (unpaired) electrons. The van der Waals surface area contributed by atoms with Crippen LogP contribution in [-0.2, 0) is 24.1 Å². The predicted molar refractivity (Wildman–Crippen MR) is 74.6 cm³/mol. The minimum absolute atomic E-state index is 0.202. The molecule has 2 rings (SSSR count). The van der Waals surface area contributed by atoms with E-state index in [0.717, 1.165) is 11.3 Å². The van der Waals surface area contributed by atoms with Gasteiger partial charge in [0.05, 0.1) is 17.6 Å².